The van der Waals surface area contributed by atoms with Crippen molar-refractivity contribution in [3.05, 3.63) is 52.3 Å². The van der Waals surface area contributed by atoms with Crippen LogP contribution in [0.2, 0.25) is 0 Å². The van der Waals surface area contributed by atoms with Gasteiger partial charge in [0, 0.05) is 36.8 Å². The lowest BCUT2D eigenvalue weighted by molar-refractivity contribution is -0.121. The summed E-state index contributed by atoms with van der Waals surface area (Å²) >= 11 is 0. The molecule has 2 N–H and O–H groups in total. The van der Waals surface area contributed by atoms with Gasteiger partial charge in [0.25, 0.3) is 0 Å². The molecule has 2 aromatic rings. The summed E-state index contributed by atoms with van der Waals surface area (Å²) in [5, 5.41) is 10.7. The highest BCUT2D eigenvalue weighted by atomic mass is 19.2. The van der Waals surface area contributed by atoms with E-state index >= 15 is 0 Å². The summed E-state index contributed by atoms with van der Waals surface area (Å²) in [6, 6.07) is 3.81. The number of rotatable bonds is 4. The molecule has 1 amide bonds. The van der Waals surface area contributed by atoms with E-state index in [4.69, 9.17) is 0 Å². The van der Waals surface area contributed by atoms with Crippen molar-refractivity contribution in [1.82, 2.24) is 20.4 Å². The second-order valence-corrected chi connectivity index (χ2v) is 6.90. The number of carbonyl (C=O) groups excluding carboxylic acids is 1. The second-order valence-electron chi connectivity index (χ2n) is 6.90. The zero-order chi connectivity index (χ0) is 18.8. The predicted molar refractivity (Wildman–Crippen MR) is 94.9 cm³/mol. The Morgan fingerprint density at radius 1 is 1.35 bits per heavy atom. The lowest BCUT2D eigenvalue weighted by atomic mass is 9.86. The van der Waals surface area contributed by atoms with Crippen LogP contribution < -0.4 is 10.6 Å². The van der Waals surface area contributed by atoms with E-state index in [9.17, 15) is 13.6 Å². The topological polar surface area (TPSA) is 59.0 Å². The minimum absolute atomic E-state index is 0.0496. The molecule has 1 aromatic carbocycles. The summed E-state index contributed by atoms with van der Waals surface area (Å²) in [5.41, 5.74) is 3.46. The summed E-state index contributed by atoms with van der Waals surface area (Å²) in [6.07, 6.45) is 1.01. The predicted octanol–water partition coefficient (Wildman–Crippen LogP) is 2.12. The van der Waals surface area contributed by atoms with Crippen LogP contribution in [0.5, 0.6) is 0 Å². The third-order valence-electron chi connectivity index (χ3n) is 5.20. The Hall–Kier alpha value is -2.28. The molecular weight excluding hydrogens is 338 g/mol. The zero-order valence-corrected chi connectivity index (χ0v) is 15.3. The number of halogens is 2. The van der Waals surface area contributed by atoms with Crippen LogP contribution >= 0.6 is 0 Å². The Balaban J connectivity index is 1.73. The Labute approximate surface area is 151 Å². The van der Waals surface area contributed by atoms with Crippen LogP contribution in [0.3, 0.4) is 0 Å². The molecule has 5 nitrogen and oxygen atoms in total. The molecule has 0 spiro atoms. The van der Waals surface area contributed by atoms with Gasteiger partial charge in [-0.3, -0.25) is 9.48 Å². The van der Waals surface area contributed by atoms with E-state index in [1.54, 1.807) is 10.7 Å². The lowest BCUT2D eigenvalue weighted by Crippen LogP contribution is -2.50. The Morgan fingerprint density at radius 2 is 2.12 bits per heavy atom. The molecule has 0 saturated carbocycles. The molecule has 1 fully saturated rings. The number of carbonyl (C=O) groups is 1. The van der Waals surface area contributed by atoms with Gasteiger partial charge >= 0.3 is 0 Å². The van der Waals surface area contributed by atoms with Crippen LogP contribution in [0.4, 0.5) is 8.78 Å². The van der Waals surface area contributed by atoms with Gasteiger partial charge in [-0.15, -0.1) is 0 Å². The highest BCUT2D eigenvalue weighted by Crippen LogP contribution is 2.27. The molecule has 2 unspecified atom stereocenters. The summed E-state index contributed by atoms with van der Waals surface area (Å²) in [4.78, 5) is 12.6. The molecule has 26 heavy (non-hydrogen) atoms. The monoisotopic (exact) mass is 362 g/mol. The summed E-state index contributed by atoms with van der Waals surface area (Å²) in [6.45, 7) is 5.20. The summed E-state index contributed by atoms with van der Waals surface area (Å²) in [5.74, 6) is -1.85. The van der Waals surface area contributed by atoms with Crippen LogP contribution in [-0.4, -0.2) is 34.8 Å². The third-order valence-corrected chi connectivity index (χ3v) is 5.20. The van der Waals surface area contributed by atoms with E-state index in [0.29, 0.717) is 12.1 Å². The van der Waals surface area contributed by atoms with Gasteiger partial charge in [-0.25, -0.2) is 8.78 Å². The first-order valence-corrected chi connectivity index (χ1v) is 8.81. The van der Waals surface area contributed by atoms with Gasteiger partial charge in [0.2, 0.25) is 5.91 Å². The van der Waals surface area contributed by atoms with E-state index in [0.717, 1.165) is 36.0 Å². The average molecular weight is 362 g/mol. The Bertz CT molecular complexity index is 818. The van der Waals surface area contributed by atoms with Crippen molar-refractivity contribution in [1.29, 1.82) is 0 Å². The van der Waals surface area contributed by atoms with Crippen molar-refractivity contribution in [2.24, 2.45) is 7.05 Å². The maximum absolute atomic E-state index is 13.6. The highest BCUT2D eigenvalue weighted by Gasteiger charge is 2.28. The van der Waals surface area contributed by atoms with Crippen molar-refractivity contribution in [2.75, 3.05) is 13.1 Å². The van der Waals surface area contributed by atoms with Crippen molar-refractivity contribution in [3.63, 3.8) is 0 Å². The van der Waals surface area contributed by atoms with E-state index in [1.165, 1.54) is 6.07 Å². The maximum Gasteiger partial charge on any atom is 0.224 e. The number of hydrogen-bond acceptors (Lipinski definition) is 3. The molecule has 140 valence electrons. The molecule has 0 bridgehead atoms. The zero-order valence-electron chi connectivity index (χ0n) is 15.3. The van der Waals surface area contributed by atoms with E-state index in [1.807, 2.05) is 20.9 Å². The first-order chi connectivity index (χ1) is 12.4. The van der Waals surface area contributed by atoms with Crippen LogP contribution in [0.15, 0.2) is 18.2 Å². The minimum atomic E-state index is -0.856. The Morgan fingerprint density at radius 3 is 2.77 bits per heavy atom. The van der Waals surface area contributed by atoms with Crippen LogP contribution in [0.1, 0.15) is 34.9 Å². The van der Waals surface area contributed by atoms with Gasteiger partial charge in [0.1, 0.15) is 0 Å². The van der Waals surface area contributed by atoms with E-state index in [-0.39, 0.29) is 24.3 Å². The number of nitrogens with one attached hydrogen (secondary N) is 2. The molecule has 1 aromatic heterocycles. The molecule has 0 aliphatic carbocycles. The number of aromatic nitrogens is 2. The fourth-order valence-electron chi connectivity index (χ4n) is 3.64. The number of aryl methyl sites for hydroxylation is 2. The first-order valence-electron chi connectivity index (χ1n) is 8.81. The summed E-state index contributed by atoms with van der Waals surface area (Å²) in [7, 11) is 1.86. The molecule has 7 heteroatoms. The molecule has 3 rings (SSSR count). The van der Waals surface area contributed by atoms with Crippen molar-refractivity contribution in [3.8, 4) is 0 Å². The number of benzene rings is 1. The Kier molecular flexibility index (Phi) is 5.36. The number of hydrogen-bond donors (Lipinski definition) is 2. The molecule has 1 saturated heterocycles. The molecule has 0 radical (unpaired) electrons. The fourth-order valence-corrected chi connectivity index (χ4v) is 3.64. The van der Waals surface area contributed by atoms with Crippen LogP contribution in [0.25, 0.3) is 0 Å². The van der Waals surface area contributed by atoms with Crippen LogP contribution in [-0.2, 0) is 18.3 Å². The number of amides is 1. The molecule has 1 aliphatic heterocycles. The lowest BCUT2D eigenvalue weighted by Gasteiger charge is -2.33. The number of piperidine rings is 1. The van der Waals surface area contributed by atoms with Gasteiger partial charge < -0.3 is 10.6 Å². The maximum atomic E-state index is 13.6. The van der Waals surface area contributed by atoms with Crippen molar-refractivity contribution >= 4 is 5.91 Å². The molecule has 2 heterocycles. The fraction of sp³-hybridized carbons (Fsp3) is 0.474. The van der Waals surface area contributed by atoms with Crippen molar-refractivity contribution < 1.29 is 13.6 Å². The third kappa shape index (κ3) is 3.77. The molecule has 1 aliphatic rings. The smallest absolute Gasteiger partial charge is 0.224 e. The SMILES string of the molecule is Cc1nn(C)c(C)c1CC(=O)NC1CNCCC1c1ccc(F)c(F)c1. The summed E-state index contributed by atoms with van der Waals surface area (Å²) < 4.78 is 28.6. The minimum Gasteiger partial charge on any atom is -0.351 e. The normalized spacial score (nSPS) is 20.2. The number of nitrogens with zero attached hydrogens (tertiary/aromatic N) is 2. The van der Waals surface area contributed by atoms with E-state index < -0.39 is 11.6 Å². The van der Waals surface area contributed by atoms with Crippen LogP contribution in [0, 0.1) is 25.5 Å². The van der Waals surface area contributed by atoms with E-state index in [2.05, 4.69) is 15.7 Å². The van der Waals surface area contributed by atoms with Gasteiger partial charge in [-0.05, 0) is 44.5 Å². The quantitative estimate of drug-likeness (QED) is 0.876. The second kappa shape index (κ2) is 7.53. The average Bonchev–Trinajstić information content (AvgIpc) is 2.84. The largest absolute Gasteiger partial charge is 0.351 e. The van der Waals surface area contributed by atoms with Gasteiger partial charge in [-0.2, -0.15) is 5.10 Å². The highest BCUT2D eigenvalue weighted by molar-refractivity contribution is 5.79. The van der Waals surface area contributed by atoms with Gasteiger partial charge in [0.05, 0.1) is 12.1 Å². The first kappa shape index (κ1) is 18.5. The standard InChI is InChI=1S/C19H24F2N4O/c1-11-15(12(2)25(3)24-11)9-19(26)23-18-10-22-7-6-14(18)13-4-5-16(20)17(21)8-13/h4-5,8,14,18,22H,6-7,9-10H2,1-3H3,(H,23,26). The van der Waals surface area contributed by atoms with Gasteiger partial charge in [-0.1, -0.05) is 6.07 Å². The van der Waals surface area contributed by atoms with Gasteiger partial charge in [0.15, 0.2) is 11.6 Å². The van der Waals surface area contributed by atoms with Crippen molar-refractivity contribution in [2.45, 2.75) is 38.6 Å². The molecule has 2 atom stereocenters. The molecular formula is C19H24F2N4O.